The summed E-state index contributed by atoms with van der Waals surface area (Å²) in [6.07, 6.45) is 3.25. The van der Waals surface area contributed by atoms with E-state index >= 15 is 0 Å². The molecule has 108 valence electrons. The van der Waals surface area contributed by atoms with Crippen LogP contribution in [0.4, 0.5) is 0 Å². The molecule has 0 bridgehead atoms. The minimum atomic E-state index is 0.271. The van der Waals surface area contributed by atoms with E-state index in [1.807, 2.05) is 0 Å². The van der Waals surface area contributed by atoms with E-state index in [0.29, 0.717) is 6.04 Å². The van der Waals surface area contributed by atoms with E-state index in [2.05, 4.69) is 40.7 Å². The normalized spacial score (nSPS) is 20.0. The highest BCUT2D eigenvalue weighted by atomic mass is 16.3. The molecule has 1 aromatic heterocycles. The number of benzene rings is 1. The Morgan fingerprint density at radius 2 is 2.20 bits per heavy atom. The second-order valence-electron chi connectivity index (χ2n) is 5.47. The molecule has 3 rings (SSSR count). The Balaban J connectivity index is 1.96. The molecule has 0 aliphatic carbocycles. The zero-order valence-corrected chi connectivity index (χ0v) is 12.1. The van der Waals surface area contributed by atoms with Crippen molar-refractivity contribution in [2.45, 2.75) is 38.8 Å². The van der Waals surface area contributed by atoms with Crippen LogP contribution in [0.25, 0.3) is 11.0 Å². The monoisotopic (exact) mass is 273 g/mol. The molecule has 2 heterocycles. The molecule has 0 saturated carbocycles. The van der Waals surface area contributed by atoms with Gasteiger partial charge >= 0.3 is 0 Å². The van der Waals surface area contributed by atoms with Crippen molar-refractivity contribution in [1.82, 2.24) is 14.5 Å². The van der Waals surface area contributed by atoms with Crippen LogP contribution in [0.5, 0.6) is 0 Å². The molecule has 0 amide bonds. The van der Waals surface area contributed by atoms with E-state index < -0.39 is 0 Å². The first-order valence-corrected chi connectivity index (χ1v) is 7.65. The summed E-state index contributed by atoms with van der Waals surface area (Å²) in [5.41, 5.74) is 2.33. The van der Waals surface area contributed by atoms with Crippen LogP contribution in [0.3, 0.4) is 0 Å². The van der Waals surface area contributed by atoms with Gasteiger partial charge in [-0.15, -0.1) is 0 Å². The fourth-order valence-electron chi connectivity index (χ4n) is 3.34. The summed E-state index contributed by atoms with van der Waals surface area (Å²) in [7, 11) is 0. The van der Waals surface area contributed by atoms with Crippen LogP contribution >= 0.6 is 0 Å². The summed E-state index contributed by atoms with van der Waals surface area (Å²) in [5, 5.41) is 9.05. The van der Waals surface area contributed by atoms with E-state index in [9.17, 15) is 0 Å². The summed E-state index contributed by atoms with van der Waals surface area (Å²) in [5.74, 6) is 1.20. The zero-order chi connectivity index (χ0) is 13.9. The van der Waals surface area contributed by atoms with Gasteiger partial charge in [-0.05, 0) is 44.9 Å². The number of aryl methyl sites for hydroxylation is 1. The number of rotatable bonds is 5. The second kappa shape index (κ2) is 5.94. The van der Waals surface area contributed by atoms with Crippen molar-refractivity contribution in [1.29, 1.82) is 0 Å². The number of aromatic nitrogens is 2. The number of aliphatic hydroxyl groups is 1. The lowest BCUT2D eigenvalue weighted by Crippen LogP contribution is -2.27. The van der Waals surface area contributed by atoms with Gasteiger partial charge in [-0.2, -0.15) is 0 Å². The first-order chi connectivity index (χ1) is 9.85. The molecule has 2 aromatic rings. The minimum absolute atomic E-state index is 0.271. The number of para-hydroxylation sites is 2. The van der Waals surface area contributed by atoms with Crippen LogP contribution < -0.4 is 0 Å². The molecular weight excluding hydrogens is 250 g/mol. The number of fused-ring (bicyclic) bond motifs is 1. The molecule has 1 aromatic carbocycles. The molecule has 1 aliphatic heterocycles. The molecule has 1 N–H and O–H groups in total. The molecule has 1 fully saturated rings. The Labute approximate surface area is 120 Å². The first kappa shape index (κ1) is 13.6. The summed E-state index contributed by atoms with van der Waals surface area (Å²) in [4.78, 5) is 7.36. The van der Waals surface area contributed by atoms with Gasteiger partial charge in [0, 0.05) is 19.7 Å². The van der Waals surface area contributed by atoms with Gasteiger partial charge in [0.15, 0.2) is 0 Å². The number of hydrogen-bond acceptors (Lipinski definition) is 3. The van der Waals surface area contributed by atoms with Gasteiger partial charge in [0.2, 0.25) is 0 Å². The van der Waals surface area contributed by atoms with Gasteiger partial charge in [-0.25, -0.2) is 4.98 Å². The van der Waals surface area contributed by atoms with Crippen molar-refractivity contribution in [2.24, 2.45) is 0 Å². The van der Waals surface area contributed by atoms with Crippen molar-refractivity contribution >= 4 is 11.0 Å². The topological polar surface area (TPSA) is 41.3 Å². The lowest BCUT2D eigenvalue weighted by atomic mass is 10.2. The predicted octanol–water partition coefficient (Wildman–Crippen LogP) is 2.58. The summed E-state index contributed by atoms with van der Waals surface area (Å²) >= 11 is 0. The van der Waals surface area contributed by atoms with E-state index in [1.165, 1.54) is 24.2 Å². The first-order valence-electron chi connectivity index (χ1n) is 7.65. The van der Waals surface area contributed by atoms with Crippen LogP contribution in [-0.2, 0) is 6.54 Å². The Morgan fingerprint density at radius 3 is 3.00 bits per heavy atom. The zero-order valence-electron chi connectivity index (χ0n) is 12.1. The van der Waals surface area contributed by atoms with E-state index in [1.54, 1.807) is 0 Å². The van der Waals surface area contributed by atoms with Crippen LogP contribution in [0.1, 0.15) is 38.1 Å². The highest BCUT2D eigenvalue weighted by molar-refractivity contribution is 5.76. The molecule has 1 saturated heterocycles. The maximum absolute atomic E-state index is 9.05. The molecule has 1 aliphatic rings. The molecule has 20 heavy (non-hydrogen) atoms. The van der Waals surface area contributed by atoms with Gasteiger partial charge < -0.3 is 9.67 Å². The largest absolute Gasteiger partial charge is 0.396 e. The Hall–Kier alpha value is -1.39. The molecule has 4 heteroatoms. The van der Waals surface area contributed by atoms with Crippen molar-refractivity contribution in [3.05, 3.63) is 30.1 Å². The number of nitrogens with zero attached hydrogens (tertiary/aromatic N) is 3. The third kappa shape index (κ3) is 2.34. The third-order valence-electron chi connectivity index (χ3n) is 4.27. The van der Waals surface area contributed by atoms with E-state index in [0.717, 1.165) is 31.6 Å². The Bertz CT molecular complexity index is 578. The molecule has 1 unspecified atom stereocenters. The van der Waals surface area contributed by atoms with Crippen molar-refractivity contribution in [2.75, 3.05) is 19.7 Å². The average molecular weight is 273 g/mol. The maximum Gasteiger partial charge on any atom is 0.127 e. The Kier molecular flexibility index (Phi) is 4.03. The molecule has 0 radical (unpaired) electrons. The molecule has 0 spiro atoms. The highest BCUT2D eigenvalue weighted by Gasteiger charge is 2.29. The predicted molar refractivity (Wildman–Crippen MR) is 80.7 cm³/mol. The Morgan fingerprint density at radius 1 is 1.35 bits per heavy atom. The molecular formula is C16H23N3O. The smallest absolute Gasteiger partial charge is 0.127 e. The average Bonchev–Trinajstić information content (AvgIpc) is 3.08. The number of aliphatic hydroxyl groups excluding tert-OH is 1. The number of likely N-dealkylation sites (tertiary alicyclic amines) is 1. The standard InChI is InChI=1S/C16H23N3O/c1-2-19-14-8-4-3-7-13(14)17-16(19)15-9-5-10-18(15)11-6-12-20/h3-4,7-8,15,20H,2,5-6,9-12H2,1H3. The summed E-state index contributed by atoms with van der Waals surface area (Å²) in [6, 6.07) is 8.80. The van der Waals surface area contributed by atoms with Crippen molar-refractivity contribution in [3.8, 4) is 0 Å². The fraction of sp³-hybridized carbons (Fsp3) is 0.562. The molecule has 4 nitrogen and oxygen atoms in total. The van der Waals surface area contributed by atoms with Gasteiger partial charge in [-0.3, -0.25) is 4.90 Å². The SMILES string of the molecule is CCn1c(C2CCCN2CCCO)nc2ccccc21. The van der Waals surface area contributed by atoms with Crippen LogP contribution in [0, 0.1) is 0 Å². The third-order valence-corrected chi connectivity index (χ3v) is 4.27. The summed E-state index contributed by atoms with van der Waals surface area (Å²) in [6.45, 7) is 5.50. The van der Waals surface area contributed by atoms with E-state index in [4.69, 9.17) is 10.1 Å². The van der Waals surface area contributed by atoms with Crippen LogP contribution in [-0.4, -0.2) is 39.3 Å². The van der Waals surface area contributed by atoms with Gasteiger partial charge in [0.05, 0.1) is 17.1 Å². The number of imidazole rings is 1. The highest BCUT2D eigenvalue weighted by Crippen LogP contribution is 2.33. The van der Waals surface area contributed by atoms with Gasteiger partial charge in [-0.1, -0.05) is 12.1 Å². The fourth-order valence-corrected chi connectivity index (χ4v) is 3.34. The minimum Gasteiger partial charge on any atom is -0.396 e. The van der Waals surface area contributed by atoms with Gasteiger partial charge in [0.1, 0.15) is 5.82 Å². The lowest BCUT2D eigenvalue weighted by molar-refractivity contribution is 0.207. The number of hydrogen-bond donors (Lipinski definition) is 1. The molecule has 1 atom stereocenters. The lowest BCUT2D eigenvalue weighted by Gasteiger charge is -2.24. The van der Waals surface area contributed by atoms with Crippen LogP contribution in [0.2, 0.25) is 0 Å². The van der Waals surface area contributed by atoms with Gasteiger partial charge in [0.25, 0.3) is 0 Å². The van der Waals surface area contributed by atoms with Crippen molar-refractivity contribution < 1.29 is 5.11 Å². The summed E-state index contributed by atoms with van der Waals surface area (Å²) < 4.78 is 2.34. The van der Waals surface area contributed by atoms with Crippen molar-refractivity contribution in [3.63, 3.8) is 0 Å². The quantitative estimate of drug-likeness (QED) is 0.910. The van der Waals surface area contributed by atoms with Crippen LogP contribution in [0.15, 0.2) is 24.3 Å². The maximum atomic E-state index is 9.05. The second-order valence-corrected chi connectivity index (χ2v) is 5.47. The van der Waals surface area contributed by atoms with E-state index in [-0.39, 0.29) is 6.61 Å².